The van der Waals surface area contributed by atoms with Gasteiger partial charge in [0.15, 0.2) is 0 Å². The number of rotatable bonds is 5. The topological polar surface area (TPSA) is 72.2 Å². The molecule has 0 heterocycles. The minimum Gasteiger partial charge on any atom is -0.326 e. The maximum atomic E-state index is 12.2. The van der Waals surface area contributed by atoms with E-state index in [4.69, 9.17) is 5.73 Å². The first-order valence-electron chi connectivity index (χ1n) is 6.72. The molecule has 1 aromatic carbocycles. The number of nitrogens with one attached hydrogen (secondary N) is 1. The average molecular weight is 282 g/mol. The van der Waals surface area contributed by atoms with E-state index in [0.29, 0.717) is 6.54 Å². The minimum atomic E-state index is -3.28. The van der Waals surface area contributed by atoms with Crippen LogP contribution in [-0.4, -0.2) is 14.0 Å². The van der Waals surface area contributed by atoms with E-state index in [9.17, 15) is 8.42 Å². The molecule has 0 bridgehead atoms. The highest BCUT2D eigenvalue weighted by Crippen LogP contribution is 2.29. The highest BCUT2D eigenvalue weighted by Gasteiger charge is 2.32. The molecule has 4 nitrogen and oxygen atoms in total. The quantitative estimate of drug-likeness (QED) is 0.866. The first kappa shape index (κ1) is 14.5. The molecule has 0 saturated heterocycles. The van der Waals surface area contributed by atoms with Crippen molar-refractivity contribution in [2.75, 3.05) is 0 Å². The van der Waals surface area contributed by atoms with Gasteiger partial charge in [0, 0.05) is 12.1 Å². The molecule has 0 unspecified atom stereocenters. The van der Waals surface area contributed by atoms with Crippen LogP contribution in [0.4, 0.5) is 0 Å². The number of hydrogen-bond acceptors (Lipinski definition) is 3. The number of nitrogens with two attached hydrogens (primary N) is 1. The molecule has 0 aliphatic heterocycles. The van der Waals surface area contributed by atoms with Gasteiger partial charge in [-0.1, -0.05) is 37.1 Å². The maximum Gasteiger partial charge on any atom is 0.216 e. The van der Waals surface area contributed by atoms with E-state index in [0.717, 1.165) is 36.8 Å². The molecule has 0 atom stereocenters. The van der Waals surface area contributed by atoms with Crippen molar-refractivity contribution < 1.29 is 8.42 Å². The van der Waals surface area contributed by atoms with Gasteiger partial charge in [0.05, 0.1) is 5.75 Å². The molecule has 1 saturated carbocycles. The zero-order valence-corrected chi connectivity index (χ0v) is 12.2. The zero-order valence-electron chi connectivity index (χ0n) is 11.4. The molecule has 1 aliphatic carbocycles. The van der Waals surface area contributed by atoms with Crippen molar-refractivity contribution in [1.82, 2.24) is 4.72 Å². The minimum absolute atomic E-state index is 0.0352. The molecule has 19 heavy (non-hydrogen) atoms. The van der Waals surface area contributed by atoms with Gasteiger partial charge in [-0.05, 0) is 30.9 Å². The maximum absolute atomic E-state index is 12.2. The van der Waals surface area contributed by atoms with Gasteiger partial charge in [0.1, 0.15) is 0 Å². The Labute approximate surface area is 115 Å². The second-order valence-corrected chi connectivity index (χ2v) is 7.37. The lowest BCUT2D eigenvalue weighted by Gasteiger charge is -2.24. The Bertz CT molecular complexity index is 517. The van der Waals surface area contributed by atoms with E-state index < -0.39 is 10.0 Å². The molecule has 0 amide bonds. The Morgan fingerprint density at radius 3 is 2.21 bits per heavy atom. The molecular weight excluding hydrogens is 260 g/mol. The standard InChI is InChI=1S/C14H22N2O2S/c1-14(8-2-3-9-14)16-19(17,18)11-13-6-4-12(10-15)5-7-13/h4-7,16H,2-3,8-11,15H2,1H3. The van der Waals surface area contributed by atoms with Crippen LogP contribution in [0.5, 0.6) is 0 Å². The summed E-state index contributed by atoms with van der Waals surface area (Å²) in [6.07, 6.45) is 4.06. The van der Waals surface area contributed by atoms with E-state index in [1.807, 2.05) is 31.2 Å². The largest absolute Gasteiger partial charge is 0.326 e. The van der Waals surface area contributed by atoms with Gasteiger partial charge in [-0.3, -0.25) is 0 Å². The van der Waals surface area contributed by atoms with E-state index in [-0.39, 0.29) is 11.3 Å². The molecule has 2 rings (SSSR count). The summed E-state index contributed by atoms with van der Waals surface area (Å²) in [6, 6.07) is 7.42. The average Bonchev–Trinajstić information content (AvgIpc) is 2.75. The third kappa shape index (κ3) is 4.03. The van der Waals surface area contributed by atoms with Gasteiger partial charge in [0.2, 0.25) is 10.0 Å². The fraction of sp³-hybridized carbons (Fsp3) is 0.571. The van der Waals surface area contributed by atoms with E-state index in [1.54, 1.807) is 0 Å². The van der Waals surface area contributed by atoms with Crippen molar-refractivity contribution in [3.63, 3.8) is 0 Å². The van der Waals surface area contributed by atoms with Gasteiger partial charge in [-0.2, -0.15) is 0 Å². The zero-order chi connectivity index (χ0) is 13.9. The van der Waals surface area contributed by atoms with E-state index in [1.165, 1.54) is 0 Å². The molecule has 0 aromatic heterocycles. The number of hydrogen-bond donors (Lipinski definition) is 2. The van der Waals surface area contributed by atoms with Gasteiger partial charge in [-0.15, -0.1) is 0 Å². The second-order valence-electron chi connectivity index (χ2n) is 5.65. The summed E-state index contributed by atoms with van der Waals surface area (Å²) in [5.74, 6) is 0.0352. The summed E-state index contributed by atoms with van der Waals surface area (Å²) in [6.45, 7) is 2.47. The van der Waals surface area contributed by atoms with Crippen LogP contribution < -0.4 is 10.5 Å². The van der Waals surface area contributed by atoms with E-state index >= 15 is 0 Å². The summed E-state index contributed by atoms with van der Waals surface area (Å²) in [5.41, 5.74) is 7.08. The van der Waals surface area contributed by atoms with Crippen molar-refractivity contribution in [3.05, 3.63) is 35.4 Å². The molecule has 0 radical (unpaired) electrons. The summed E-state index contributed by atoms with van der Waals surface area (Å²) in [4.78, 5) is 0. The lowest BCUT2D eigenvalue weighted by Crippen LogP contribution is -2.43. The molecule has 0 spiro atoms. The predicted octanol–water partition coefficient (Wildman–Crippen LogP) is 1.90. The third-order valence-corrected chi connectivity index (χ3v) is 5.24. The second kappa shape index (κ2) is 5.61. The van der Waals surface area contributed by atoms with Crippen LogP contribution in [0.2, 0.25) is 0 Å². The molecular formula is C14H22N2O2S. The molecule has 106 valence electrons. The van der Waals surface area contributed by atoms with Crippen molar-refractivity contribution in [1.29, 1.82) is 0 Å². The summed E-state index contributed by atoms with van der Waals surface area (Å²) in [7, 11) is -3.28. The normalized spacial score (nSPS) is 18.6. The van der Waals surface area contributed by atoms with Crippen LogP contribution in [0.15, 0.2) is 24.3 Å². The Hall–Kier alpha value is -0.910. The Morgan fingerprint density at radius 2 is 1.68 bits per heavy atom. The predicted molar refractivity (Wildman–Crippen MR) is 77.0 cm³/mol. The van der Waals surface area contributed by atoms with Gasteiger partial charge in [0.25, 0.3) is 0 Å². The Balaban J connectivity index is 2.03. The van der Waals surface area contributed by atoms with Crippen LogP contribution in [0.25, 0.3) is 0 Å². The molecule has 1 fully saturated rings. The highest BCUT2D eigenvalue weighted by molar-refractivity contribution is 7.88. The van der Waals surface area contributed by atoms with Crippen molar-refractivity contribution in [2.24, 2.45) is 5.73 Å². The molecule has 1 aliphatic rings. The van der Waals surface area contributed by atoms with Crippen LogP contribution in [-0.2, 0) is 22.3 Å². The fourth-order valence-corrected chi connectivity index (χ4v) is 4.32. The molecule has 3 N–H and O–H groups in total. The smallest absolute Gasteiger partial charge is 0.216 e. The van der Waals surface area contributed by atoms with Crippen LogP contribution in [0, 0.1) is 0 Å². The molecule has 1 aromatic rings. The molecule has 5 heteroatoms. The monoisotopic (exact) mass is 282 g/mol. The van der Waals surface area contributed by atoms with Gasteiger partial charge in [-0.25, -0.2) is 13.1 Å². The first-order valence-corrected chi connectivity index (χ1v) is 8.37. The lowest BCUT2D eigenvalue weighted by atomic mass is 10.0. The third-order valence-electron chi connectivity index (χ3n) is 3.72. The Kier molecular flexibility index (Phi) is 4.28. The fourth-order valence-electron chi connectivity index (χ4n) is 2.66. The summed E-state index contributed by atoms with van der Waals surface area (Å²) < 4.78 is 27.2. The van der Waals surface area contributed by atoms with Crippen LogP contribution in [0.1, 0.15) is 43.7 Å². The number of sulfonamides is 1. The highest BCUT2D eigenvalue weighted by atomic mass is 32.2. The van der Waals surface area contributed by atoms with Crippen molar-refractivity contribution in [3.8, 4) is 0 Å². The van der Waals surface area contributed by atoms with Crippen LogP contribution >= 0.6 is 0 Å². The Morgan fingerprint density at radius 1 is 1.16 bits per heavy atom. The van der Waals surface area contributed by atoms with Gasteiger partial charge < -0.3 is 5.73 Å². The summed E-state index contributed by atoms with van der Waals surface area (Å²) in [5, 5.41) is 0. The van der Waals surface area contributed by atoms with Crippen LogP contribution in [0.3, 0.4) is 0 Å². The SMILES string of the molecule is CC1(NS(=O)(=O)Cc2ccc(CN)cc2)CCCC1. The lowest BCUT2D eigenvalue weighted by molar-refractivity contribution is 0.427. The summed E-state index contributed by atoms with van der Waals surface area (Å²) >= 11 is 0. The van der Waals surface area contributed by atoms with Crippen molar-refractivity contribution in [2.45, 2.75) is 50.4 Å². The first-order chi connectivity index (χ1) is 8.92. The van der Waals surface area contributed by atoms with E-state index in [2.05, 4.69) is 4.72 Å². The number of benzene rings is 1. The van der Waals surface area contributed by atoms with Crippen molar-refractivity contribution >= 4 is 10.0 Å². The van der Waals surface area contributed by atoms with Gasteiger partial charge >= 0.3 is 0 Å².